The highest BCUT2D eigenvalue weighted by molar-refractivity contribution is 5.69. The third-order valence-electron chi connectivity index (χ3n) is 2.04. The standard InChI is InChI=1S/C9H14O6.C6H12O2/c1-6(10)13-4-9(15-8(3)12)5-14-7(2)11;1-3-5-6(7)8-4-2/h9H,4-5H2,1-3H3;3-5H2,1-2H3. The van der Waals surface area contributed by atoms with E-state index in [1.165, 1.54) is 20.8 Å². The Morgan fingerprint density at radius 3 is 1.57 bits per heavy atom. The molecule has 0 rings (SSSR count). The predicted octanol–water partition coefficient (Wildman–Crippen LogP) is 1.39. The Balaban J connectivity index is 0. The first-order valence-corrected chi connectivity index (χ1v) is 7.32. The topological polar surface area (TPSA) is 105 Å². The smallest absolute Gasteiger partial charge is 0.305 e. The molecule has 8 nitrogen and oxygen atoms in total. The minimum absolute atomic E-state index is 0.0880. The lowest BCUT2D eigenvalue weighted by Gasteiger charge is -2.15. The molecule has 0 bridgehead atoms. The van der Waals surface area contributed by atoms with Gasteiger partial charge in [0.15, 0.2) is 6.10 Å². The van der Waals surface area contributed by atoms with Crippen LogP contribution in [0.25, 0.3) is 0 Å². The molecule has 0 spiro atoms. The minimum atomic E-state index is -0.754. The molecule has 8 heteroatoms. The van der Waals surface area contributed by atoms with Crippen LogP contribution in [0.5, 0.6) is 0 Å². The van der Waals surface area contributed by atoms with E-state index in [2.05, 4.69) is 14.2 Å². The van der Waals surface area contributed by atoms with Crippen LogP contribution in [0.15, 0.2) is 0 Å². The maximum atomic E-state index is 10.6. The van der Waals surface area contributed by atoms with Crippen molar-refractivity contribution in [3.8, 4) is 0 Å². The fourth-order valence-electron chi connectivity index (χ4n) is 1.21. The van der Waals surface area contributed by atoms with Crippen LogP contribution < -0.4 is 0 Å². The second-order valence-electron chi connectivity index (χ2n) is 4.39. The van der Waals surface area contributed by atoms with Gasteiger partial charge < -0.3 is 18.9 Å². The van der Waals surface area contributed by atoms with E-state index < -0.39 is 24.0 Å². The highest BCUT2D eigenvalue weighted by Crippen LogP contribution is 1.97. The second-order valence-corrected chi connectivity index (χ2v) is 4.39. The number of hydrogen-bond donors (Lipinski definition) is 0. The molecular formula is C15H26O8. The van der Waals surface area contributed by atoms with Gasteiger partial charge in [-0.25, -0.2) is 0 Å². The van der Waals surface area contributed by atoms with Crippen molar-refractivity contribution < 1.29 is 38.1 Å². The van der Waals surface area contributed by atoms with Gasteiger partial charge in [-0.2, -0.15) is 0 Å². The van der Waals surface area contributed by atoms with Gasteiger partial charge in [-0.3, -0.25) is 19.2 Å². The molecule has 0 saturated carbocycles. The SMILES string of the molecule is CC(=O)OCC(COC(C)=O)OC(C)=O.CCCC(=O)OCC. The summed E-state index contributed by atoms with van der Waals surface area (Å²) in [4.78, 5) is 42.1. The van der Waals surface area contributed by atoms with E-state index in [0.717, 1.165) is 6.42 Å². The molecule has 0 radical (unpaired) electrons. The summed E-state index contributed by atoms with van der Waals surface area (Å²) in [6, 6.07) is 0. The molecule has 0 aromatic carbocycles. The fraction of sp³-hybridized carbons (Fsp3) is 0.733. The van der Waals surface area contributed by atoms with Crippen molar-refractivity contribution in [2.45, 2.75) is 53.6 Å². The van der Waals surface area contributed by atoms with Crippen molar-refractivity contribution in [1.82, 2.24) is 0 Å². The van der Waals surface area contributed by atoms with Gasteiger partial charge in [-0.15, -0.1) is 0 Å². The van der Waals surface area contributed by atoms with E-state index in [4.69, 9.17) is 4.74 Å². The Hall–Kier alpha value is -2.12. The van der Waals surface area contributed by atoms with Gasteiger partial charge in [-0.1, -0.05) is 6.92 Å². The Labute approximate surface area is 136 Å². The van der Waals surface area contributed by atoms with Crippen molar-refractivity contribution in [2.75, 3.05) is 19.8 Å². The van der Waals surface area contributed by atoms with E-state index in [9.17, 15) is 19.2 Å². The zero-order chi connectivity index (χ0) is 18.3. The van der Waals surface area contributed by atoms with E-state index in [1.54, 1.807) is 0 Å². The summed E-state index contributed by atoms with van der Waals surface area (Å²) in [6.07, 6.45) is 0.669. The first-order chi connectivity index (χ1) is 10.7. The maximum absolute atomic E-state index is 10.6. The number of hydrogen-bond acceptors (Lipinski definition) is 8. The average Bonchev–Trinajstić information content (AvgIpc) is 2.42. The molecule has 0 aromatic rings. The summed E-state index contributed by atoms with van der Waals surface area (Å²) in [5.41, 5.74) is 0. The monoisotopic (exact) mass is 334 g/mol. The van der Waals surface area contributed by atoms with Crippen LogP contribution in [0.2, 0.25) is 0 Å². The van der Waals surface area contributed by atoms with Crippen LogP contribution in [-0.4, -0.2) is 49.8 Å². The third-order valence-corrected chi connectivity index (χ3v) is 2.04. The third kappa shape index (κ3) is 19.9. The number of carbonyl (C=O) groups is 4. The Morgan fingerprint density at radius 1 is 0.783 bits per heavy atom. The molecule has 0 atom stereocenters. The summed E-state index contributed by atoms with van der Waals surface area (Å²) in [5, 5.41) is 0. The van der Waals surface area contributed by atoms with Crippen LogP contribution in [0.3, 0.4) is 0 Å². The predicted molar refractivity (Wildman–Crippen MR) is 80.4 cm³/mol. The molecule has 0 aromatic heterocycles. The van der Waals surface area contributed by atoms with Gasteiger partial charge in [0, 0.05) is 27.2 Å². The Kier molecular flexibility index (Phi) is 14.9. The first-order valence-electron chi connectivity index (χ1n) is 7.32. The first kappa shape index (κ1) is 23.2. The lowest BCUT2D eigenvalue weighted by atomic mass is 10.3. The van der Waals surface area contributed by atoms with Gasteiger partial charge in [0.25, 0.3) is 0 Å². The van der Waals surface area contributed by atoms with Crippen LogP contribution in [0.4, 0.5) is 0 Å². The maximum Gasteiger partial charge on any atom is 0.305 e. The Bertz CT molecular complexity index is 352. The second kappa shape index (κ2) is 14.8. The Morgan fingerprint density at radius 2 is 1.26 bits per heavy atom. The number of ether oxygens (including phenoxy) is 4. The van der Waals surface area contributed by atoms with Crippen LogP contribution in [0.1, 0.15) is 47.5 Å². The van der Waals surface area contributed by atoms with Crippen molar-refractivity contribution >= 4 is 23.9 Å². The summed E-state index contributed by atoms with van der Waals surface area (Å²) in [7, 11) is 0. The van der Waals surface area contributed by atoms with Gasteiger partial charge >= 0.3 is 23.9 Å². The highest BCUT2D eigenvalue weighted by Gasteiger charge is 2.15. The number of rotatable bonds is 8. The molecule has 0 fully saturated rings. The van der Waals surface area contributed by atoms with Gasteiger partial charge in [0.2, 0.25) is 0 Å². The van der Waals surface area contributed by atoms with Gasteiger partial charge in [0.05, 0.1) is 6.61 Å². The molecule has 0 saturated heterocycles. The van der Waals surface area contributed by atoms with Crippen LogP contribution in [-0.2, 0) is 38.1 Å². The highest BCUT2D eigenvalue weighted by atomic mass is 16.6. The average molecular weight is 334 g/mol. The van der Waals surface area contributed by atoms with Gasteiger partial charge in [0.1, 0.15) is 13.2 Å². The van der Waals surface area contributed by atoms with E-state index in [1.807, 2.05) is 13.8 Å². The van der Waals surface area contributed by atoms with Gasteiger partial charge in [-0.05, 0) is 13.3 Å². The molecule has 0 aliphatic rings. The van der Waals surface area contributed by atoms with Crippen molar-refractivity contribution in [2.24, 2.45) is 0 Å². The van der Waals surface area contributed by atoms with Crippen molar-refractivity contribution in [3.05, 3.63) is 0 Å². The minimum Gasteiger partial charge on any atom is -0.466 e. The fourth-order valence-corrected chi connectivity index (χ4v) is 1.21. The zero-order valence-corrected chi connectivity index (χ0v) is 14.4. The lowest BCUT2D eigenvalue weighted by Crippen LogP contribution is -2.29. The van der Waals surface area contributed by atoms with E-state index in [0.29, 0.717) is 13.0 Å². The molecule has 0 amide bonds. The summed E-state index contributed by atoms with van der Waals surface area (Å²) in [6.45, 7) is 7.70. The van der Waals surface area contributed by atoms with E-state index in [-0.39, 0.29) is 19.2 Å². The molecule has 134 valence electrons. The summed E-state index contributed by atoms with van der Waals surface area (Å²) < 4.78 is 18.7. The van der Waals surface area contributed by atoms with Crippen molar-refractivity contribution in [3.63, 3.8) is 0 Å². The van der Waals surface area contributed by atoms with E-state index >= 15 is 0 Å². The summed E-state index contributed by atoms with van der Waals surface area (Å²) >= 11 is 0. The molecule has 0 N–H and O–H groups in total. The molecular weight excluding hydrogens is 308 g/mol. The summed E-state index contributed by atoms with van der Waals surface area (Å²) in [5.74, 6) is -1.60. The quantitative estimate of drug-likeness (QED) is 0.484. The lowest BCUT2D eigenvalue weighted by molar-refractivity contribution is -0.163. The normalized spacial score (nSPS) is 9.30. The molecule has 0 heterocycles. The largest absolute Gasteiger partial charge is 0.466 e. The van der Waals surface area contributed by atoms with Crippen molar-refractivity contribution in [1.29, 1.82) is 0 Å². The van der Waals surface area contributed by atoms with Crippen LogP contribution >= 0.6 is 0 Å². The van der Waals surface area contributed by atoms with Crippen LogP contribution in [0, 0.1) is 0 Å². The number of esters is 4. The number of carbonyl (C=O) groups excluding carboxylic acids is 4. The molecule has 0 unspecified atom stereocenters. The molecule has 0 aliphatic carbocycles. The molecule has 0 aliphatic heterocycles. The zero-order valence-electron chi connectivity index (χ0n) is 14.4. The molecule has 23 heavy (non-hydrogen) atoms.